The van der Waals surface area contributed by atoms with E-state index in [0.717, 1.165) is 18.1 Å². The van der Waals surface area contributed by atoms with Crippen LogP contribution in [0.25, 0.3) is 0 Å². The first-order chi connectivity index (χ1) is 9.45. The maximum absolute atomic E-state index is 12.3. The molecule has 0 rings (SSSR count). The third-order valence-electron chi connectivity index (χ3n) is 3.22. The average molecular weight is 327 g/mol. The minimum absolute atomic E-state index is 0.151. The van der Waals surface area contributed by atoms with Crippen LogP contribution in [0.3, 0.4) is 0 Å². The van der Waals surface area contributed by atoms with Crippen LogP contribution in [0, 0.1) is 16.2 Å². The summed E-state index contributed by atoms with van der Waals surface area (Å²) in [6.07, 6.45) is 0. The Labute approximate surface area is 139 Å². The van der Waals surface area contributed by atoms with E-state index in [2.05, 4.69) is 68.9 Å². The molecule has 0 aliphatic carbocycles. The molecule has 0 aliphatic heterocycles. The van der Waals surface area contributed by atoms with E-state index < -0.39 is 8.32 Å². The first kappa shape index (κ1) is 21.4. The summed E-state index contributed by atoms with van der Waals surface area (Å²) in [5.41, 5.74) is 0.961. The van der Waals surface area contributed by atoms with Crippen LogP contribution in [-0.4, -0.2) is 14.3 Å². The van der Waals surface area contributed by atoms with Gasteiger partial charge < -0.3 is 4.43 Å². The molecule has 130 valence electrons. The average Bonchev–Trinajstić information content (AvgIpc) is 2.06. The minimum Gasteiger partial charge on any atom is -0.516 e. The van der Waals surface area contributed by atoms with Crippen molar-refractivity contribution in [2.75, 3.05) is 0 Å². The van der Waals surface area contributed by atoms with E-state index in [-0.39, 0.29) is 22.2 Å². The molecule has 0 bridgehead atoms. The van der Waals surface area contributed by atoms with Gasteiger partial charge in [0.2, 0.25) is 0 Å². The summed E-state index contributed by atoms with van der Waals surface area (Å²) in [5, 5.41) is 0. The maximum Gasteiger partial charge on any atom is 0.319 e. The molecular formula is C19H38O2Si. The minimum atomic E-state index is -2.24. The molecule has 0 radical (unpaired) electrons. The van der Waals surface area contributed by atoms with Crippen molar-refractivity contribution in [2.24, 2.45) is 16.2 Å². The Morgan fingerprint density at radius 3 is 1.27 bits per heavy atom. The second-order valence-corrected chi connectivity index (χ2v) is 14.2. The van der Waals surface area contributed by atoms with E-state index in [1.54, 1.807) is 6.92 Å². The number of hydrogen-bond donors (Lipinski definition) is 0. The predicted octanol–water partition coefficient (Wildman–Crippen LogP) is 6.19. The van der Waals surface area contributed by atoms with E-state index >= 15 is 0 Å². The Hall–Kier alpha value is -0.573. The van der Waals surface area contributed by atoms with Gasteiger partial charge in [-0.25, -0.2) is 4.79 Å². The summed E-state index contributed by atoms with van der Waals surface area (Å²) in [5.74, 6) is -0.204. The Morgan fingerprint density at radius 1 is 0.818 bits per heavy atom. The highest BCUT2D eigenvalue weighted by Crippen LogP contribution is 2.44. The summed E-state index contributed by atoms with van der Waals surface area (Å²) >= 11 is 0. The van der Waals surface area contributed by atoms with Crippen LogP contribution >= 0.6 is 0 Å². The van der Waals surface area contributed by atoms with Crippen molar-refractivity contribution < 1.29 is 9.22 Å². The van der Waals surface area contributed by atoms with Crippen molar-refractivity contribution in [3.63, 3.8) is 0 Å². The lowest BCUT2D eigenvalue weighted by molar-refractivity contribution is -0.131. The van der Waals surface area contributed by atoms with Crippen molar-refractivity contribution in [3.8, 4) is 0 Å². The van der Waals surface area contributed by atoms with E-state index in [9.17, 15) is 4.79 Å². The molecule has 0 amide bonds. The Bertz CT molecular complexity index is 362. The van der Waals surface area contributed by atoms with E-state index in [1.807, 2.05) is 0 Å². The molecule has 0 fully saturated rings. The second kappa shape index (κ2) is 6.90. The van der Waals surface area contributed by atoms with Crippen LogP contribution in [0.5, 0.6) is 0 Å². The third-order valence-corrected chi connectivity index (χ3v) is 8.95. The molecule has 2 nitrogen and oxygen atoms in total. The van der Waals surface area contributed by atoms with Crippen LogP contribution in [0.2, 0.25) is 18.1 Å². The standard InChI is InChI=1S/C19H38O2Si/c1-15(2)16(20)21-22(12-17(3,4)5,13-18(6,7)8)14-19(9,10)11/h1,12-14H2,2-11H3. The Morgan fingerprint density at radius 2 is 1.09 bits per heavy atom. The molecule has 0 aromatic rings. The lowest BCUT2D eigenvalue weighted by atomic mass is 9.99. The lowest BCUT2D eigenvalue weighted by Crippen LogP contribution is -2.48. The van der Waals surface area contributed by atoms with E-state index in [1.165, 1.54) is 0 Å². The van der Waals surface area contributed by atoms with Crippen molar-refractivity contribution in [3.05, 3.63) is 12.2 Å². The van der Waals surface area contributed by atoms with Gasteiger partial charge in [0.05, 0.1) is 0 Å². The van der Waals surface area contributed by atoms with Crippen molar-refractivity contribution in [1.29, 1.82) is 0 Å². The van der Waals surface area contributed by atoms with Crippen molar-refractivity contribution >= 4 is 14.3 Å². The van der Waals surface area contributed by atoms with Gasteiger partial charge in [-0.2, -0.15) is 0 Å². The molecule has 0 saturated carbocycles. The molecule has 0 aromatic carbocycles. The van der Waals surface area contributed by atoms with Gasteiger partial charge in [-0.3, -0.25) is 0 Å². The Kier molecular flexibility index (Phi) is 6.72. The van der Waals surface area contributed by atoms with Crippen molar-refractivity contribution in [2.45, 2.75) is 87.4 Å². The molecule has 3 heteroatoms. The Balaban J connectivity index is 5.78. The molecule has 0 atom stereocenters. The summed E-state index contributed by atoms with van der Waals surface area (Å²) in [6, 6.07) is 2.98. The molecule has 0 N–H and O–H groups in total. The van der Waals surface area contributed by atoms with Gasteiger partial charge in [-0.05, 0) is 41.3 Å². The van der Waals surface area contributed by atoms with Crippen molar-refractivity contribution in [1.82, 2.24) is 0 Å². The topological polar surface area (TPSA) is 26.3 Å². The number of hydrogen-bond acceptors (Lipinski definition) is 2. The van der Waals surface area contributed by atoms with E-state index in [4.69, 9.17) is 4.43 Å². The second-order valence-electron chi connectivity index (χ2n) is 10.6. The first-order valence-electron chi connectivity index (χ1n) is 8.34. The summed E-state index contributed by atoms with van der Waals surface area (Å²) in [6.45, 7) is 25.7. The normalized spacial score (nSPS) is 13.9. The van der Waals surface area contributed by atoms with Gasteiger partial charge in [-0.1, -0.05) is 68.9 Å². The number of carbonyl (C=O) groups is 1. The highest BCUT2D eigenvalue weighted by Gasteiger charge is 2.47. The van der Waals surface area contributed by atoms with E-state index in [0.29, 0.717) is 5.57 Å². The van der Waals surface area contributed by atoms with Crippen LogP contribution in [0.4, 0.5) is 0 Å². The predicted molar refractivity (Wildman–Crippen MR) is 99.4 cm³/mol. The summed E-state index contributed by atoms with van der Waals surface area (Å²) in [4.78, 5) is 12.3. The largest absolute Gasteiger partial charge is 0.516 e. The van der Waals surface area contributed by atoms with Gasteiger partial charge in [0.15, 0.2) is 0 Å². The molecular weight excluding hydrogens is 288 g/mol. The van der Waals surface area contributed by atoms with Gasteiger partial charge in [0, 0.05) is 5.57 Å². The van der Waals surface area contributed by atoms with Gasteiger partial charge >= 0.3 is 5.97 Å². The molecule has 0 heterocycles. The lowest BCUT2D eigenvalue weighted by Gasteiger charge is -2.43. The highest BCUT2D eigenvalue weighted by atomic mass is 28.4. The molecule has 0 aliphatic rings. The fourth-order valence-electron chi connectivity index (χ4n) is 3.48. The molecule has 0 spiro atoms. The zero-order valence-electron chi connectivity index (χ0n) is 16.6. The fourth-order valence-corrected chi connectivity index (χ4v) is 10.4. The number of rotatable bonds is 5. The molecule has 22 heavy (non-hydrogen) atoms. The quantitative estimate of drug-likeness (QED) is 0.445. The first-order valence-corrected chi connectivity index (χ1v) is 10.9. The monoisotopic (exact) mass is 326 g/mol. The summed E-state index contributed by atoms with van der Waals surface area (Å²) in [7, 11) is -2.24. The highest BCUT2D eigenvalue weighted by molar-refractivity contribution is 6.75. The van der Waals surface area contributed by atoms with Crippen LogP contribution < -0.4 is 0 Å². The molecule has 0 unspecified atom stereocenters. The SMILES string of the molecule is C=C(C)C(=O)O[Si](CC(C)(C)C)(CC(C)(C)C)CC(C)(C)C. The van der Waals surface area contributed by atoms with Crippen LogP contribution in [0.1, 0.15) is 69.2 Å². The smallest absolute Gasteiger partial charge is 0.319 e. The zero-order chi connectivity index (χ0) is 18.0. The van der Waals surface area contributed by atoms with Gasteiger partial charge in [0.1, 0.15) is 0 Å². The molecule has 0 saturated heterocycles. The van der Waals surface area contributed by atoms with Crippen LogP contribution in [-0.2, 0) is 9.22 Å². The van der Waals surface area contributed by atoms with Gasteiger partial charge in [-0.15, -0.1) is 0 Å². The molecule has 0 aromatic heterocycles. The van der Waals surface area contributed by atoms with Crippen LogP contribution in [0.15, 0.2) is 12.2 Å². The number of carbonyl (C=O) groups excluding carboxylic acids is 1. The maximum atomic E-state index is 12.3. The van der Waals surface area contributed by atoms with Gasteiger partial charge in [0.25, 0.3) is 8.32 Å². The zero-order valence-corrected chi connectivity index (χ0v) is 17.6. The summed E-state index contributed by atoms with van der Waals surface area (Å²) < 4.78 is 6.23. The third kappa shape index (κ3) is 9.45. The fraction of sp³-hybridized carbons (Fsp3) is 0.842.